The summed E-state index contributed by atoms with van der Waals surface area (Å²) >= 11 is 0. The molecule has 6 heteroatoms. The molecule has 0 amide bonds. The van der Waals surface area contributed by atoms with Crippen LogP contribution in [-0.2, 0) is 9.84 Å². The molecule has 5 nitrogen and oxygen atoms in total. The van der Waals surface area contributed by atoms with E-state index in [1.807, 2.05) is 0 Å². The van der Waals surface area contributed by atoms with Gasteiger partial charge >= 0.3 is 0 Å². The van der Waals surface area contributed by atoms with Crippen LogP contribution in [0.5, 0.6) is 0 Å². The molecule has 0 aromatic heterocycles. The molecule has 0 saturated carbocycles. The van der Waals surface area contributed by atoms with Gasteiger partial charge in [0.2, 0.25) is 0 Å². The first kappa shape index (κ1) is 14.1. The fourth-order valence-electron chi connectivity index (χ4n) is 1.53. The Bertz CT molecular complexity index is 473. The van der Waals surface area contributed by atoms with E-state index in [1.165, 1.54) is 12.1 Å². The monoisotopic (exact) mass is 258 g/mol. The molecule has 2 unspecified atom stereocenters. The number of hydrogen-bond acceptors (Lipinski definition) is 5. The zero-order valence-corrected chi connectivity index (χ0v) is 10.5. The number of aliphatic hydroxyl groups is 1. The average molecular weight is 258 g/mol. The summed E-state index contributed by atoms with van der Waals surface area (Å²) in [5.74, 6) is 0. The van der Waals surface area contributed by atoms with E-state index in [0.29, 0.717) is 18.5 Å². The summed E-state index contributed by atoms with van der Waals surface area (Å²) in [6.07, 6.45) is 0.697. The summed E-state index contributed by atoms with van der Waals surface area (Å²) in [4.78, 5) is 0.175. The second kappa shape index (κ2) is 5.59. The van der Waals surface area contributed by atoms with Gasteiger partial charge in [0.05, 0.1) is 11.0 Å². The van der Waals surface area contributed by atoms with Gasteiger partial charge in [-0.15, -0.1) is 0 Å². The Kier molecular flexibility index (Phi) is 4.64. The van der Waals surface area contributed by atoms with Crippen LogP contribution in [0.15, 0.2) is 29.2 Å². The summed E-state index contributed by atoms with van der Waals surface area (Å²) in [5, 5.41) is 9.93. The van der Waals surface area contributed by atoms with Gasteiger partial charge in [0.25, 0.3) is 0 Å². The highest BCUT2D eigenvalue weighted by atomic mass is 32.2. The molecule has 5 N–H and O–H groups in total. The lowest BCUT2D eigenvalue weighted by molar-refractivity contribution is 0.143. The summed E-state index contributed by atoms with van der Waals surface area (Å²) in [6, 6.07) is 5.67. The lowest BCUT2D eigenvalue weighted by Crippen LogP contribution is -2.30. The number of aliphatic hydroxyl groups excluding tert-OH is 1. The van der Waals surface area contributed by atoms with Crippen molar-refractivity contribution in [3.8, 4) is 0 Å². The minimum Gasteiger partial charge on any atom is -0.387 e. The van der Waals surface area contributed by atoms with Crippen LogP contribution in [0.25, 0.3) is 0 Å². The van der Waals surface area contributed by atoms with Crippen LogP contribution in [0, 0.1) is 0 Å². The topological polar surface area (TPSA) is 106 Å². The Morgan fingerprint density at radius 1 is 1.41 bits per heavy atom. The fraction of sp³-hybridized carbons (Fsp3) is 0.455. The number of nitrogens with two attached hydrogens (primary N) is 2. The maximum absolute atomic E-state index is 11.4. The Morgan fingerprint density at radius 3 is 2.59 bits per heavy atom. The third-order valence-corrected chi connectivity index (χ3v) is 3.64. The molecule has 0 aliphatic rings. The first-order chi connectivity index (χ1) is 7.86. The Hall–Kier alpha value is -0.950. The Labute approximate surface area is 101 Å². The van der Waals surface area contributed by atoms with Gasteiger partial charge in [-0.05, 0) is 30.7 Å². The molecule has 0 aliphatic heterocycles. The molecule has 0 spiro atoms. The maximum Gasteiger partial charge on any atom is 0.175 e. The van der Waals surface area contributed by atoms with Gasteiger partial charge in [-0.2, -0.15) is 0 Å². The molecule has 96 valence electrons. The maximum atomic E-state index is 11.4. The molecule has 0 bridgehead atoms. The second-order valence-corrected chi connectivity index (χ2v) is 6.05. The smallest absolute Gasteiger partial charge is 0.175 e. The predicted molar refractivity (Wildman–Crippen MR) is 66.2 cm³/mol. The SMILES string of the molecule is CS(=O)(=O)c1cccc(C(O)C(N)CCN)c1. The molecule has 0 aliphatic carbocycles. The lowest BCUT2D eigenvalue weighted by atomic mass is 10.0. The summed E-state index contributed by atoms with van der Waals surface area (Å²) in [7, 11) is -3.27. The Morgan fingerprint density at radius 2 is 2.06 bits per heavy atom. The standard InChI is InChI=1S/C11H18N2O3S/c1-17(15,16)9-4-2-3-8(7-9)11(14)10(13)5-6-12/h2-4,7,10-11,14H,5-6,12-13H2,1H3. The van der Waals surface area contributed by atoms with Crippen LogP contribution in [0.1, 0.15) is 18.1 Å². The predicted octanol–water partition coefficient (Wildman–Crippen LogP) is -0.200. The zero-order chi connectivity index (χ0) is 13.1. The van der Waals surface area contributed by atoms with Crippen LogP contribution in [0.3, 0.4) is 0 Å². The van der Waals surface area contributed by atoms with Crippen molar-refractivity contribution in [2.75, 3.05) is 12.8 Å². The van der Waals surface area contributed by atoms with Crippen LogP contribution < -0.4 is 11.5 Å². The van der Waals surface area contributed by atoms with E-state index in [9.17, 15) is 13.5 Å². The van der Waals surface area contributed by atoms with Gasteiger partial charge in [0.15, 0.2) is 9.84 Å². The summed E-state index contributed by atoms with van der Waals surface area (Å²) in [5.41, 5.74) is 11.6. The molecular formula is C11H18N2O3S. The van der Waals surface area contributed by atoms with Gasteiger partial charge in [0.1, 0.15) is 0 Å². The normalized spacial score (nSPS) is 15.5. The van der Waals surface area contributed by atoms with E-state index in [2.05, 4.69) is 0 Å². The third-order valence-electron chi connectivity index (χ3n) is 2.53. The van der Waals surface area contributed by atoms with Crippen molar-refractivity contribution in [1.29, 1.82) is 0 Å². The van der Waals surface area contributed by atoms with Crippen molar-refractivity contribution in [2.24, 2.45) is 11.5 Å². The lowest BCUT2D eigenvalue weighted by Gasteiger charge is -2.18. The van der Waals surface area contributed by atoms with Crippen molar-refractivity contribution >= 4 is 9.84 Å². The van der Waals surface area contributed by atoms with E-state index in [4.69, 9.17) is 11.5 Å². The summed E-state index contributed by atoms with van der Waals surface area (Å²) in [6.45, 7) is 0.379. The van der Waals surface area contributed by atoms with Crippen molar-refractivity contribution in [2.45, 2.75) is 23.5 Å². The molecule has 0 fully saturated rings. The molecule has 0 heterocycles. The number of benzene rings is 1. The third kappa shape index (κ3) is 3.78. The molecule has 0 radical (unpaired) electrons. The highest BCUT2D eigenvalue weighted by molar-refractivity contribution is 7.90. The molecule has 1 aromatic rings. The van der Waals surface area contributed by atoms with Crippen LogP contribution >= 0.6 is 0 Å². The average Bonchev–Trinajstić information content (AvgIpc) is 2.27. The largest absolute Gasteiger partial charge is 0.387 e. The minimum absolute atomic E-state index is 0.175. The van der Waals surface area contributed by atoms with Gasteiger partial charge in [-0.25, -0.2) is 8.42 Å². The molecule has 0 saturated heterocycles. The van der Waals surface area contributed by atoms with Crippen molar-refractivity contribution in [1.82, 2.24) is 0 Å². The quantitative estimate of drug-likeness (QED) is 0.678. The first-order valence-electron chi connectivity index (χ1n) is 5.30. The van der Waals surface area contributed by atoms with Crippen LogP contribution in [-0.4, -0.2) is 32.4 Å². The van der Waals surface area contributed by atoms with Gasteiger partial charge in [-0.1, -0.05) is 12.1 Å². The van der Waals surface area contributed by atoms with E-state index < -0.39 is 22.0 Å². The molecule has 2 atom stereocenters. The van der Waals surface area contributed by atoms with E-state index in [0.717, 1.165) is 6.26 Å². The zero-order valence-electron chi connectivity index (χ0n) is 9.70. The molecule has 17 heavy (non-hydrogen) atoms. The minimum atomic E-state index is -3.27. The number of rotatable bonds is 5. The van der Waals surface area contributed by atoms with Gasteiger partial charge in [0, 0.05) is 12.3 Å². The highest BCUT2D eigenvalue weighted by Crippen LogP contribution is 2.20. The second-order valence-electron chi connectivity index (χ2n) is 4.03. The molecule has 1 rings (SSSR count). The Balaban J connectivity index is 3.00. The highest BCUT2D eigenvalue weighted by Gasteiger charge is 2.17. The van der Waals surface area contributed by atoms with E-state index in [-0.39, 0.29) is 4.90 Å². The van der Waals surface area contributed by atoms with Crippen molar-refractivity contribution in [3.05, 3.63) is 29.8 Å². The first-order valence-corrected chi connectivity index (χ1v) is 7.19. The van der Waals surface area contributed by atoms with E-state index in [1.54, 1.807) is 12.1 Å². The van der Waals surface area contributed by atoms with Crippen LogP contribution in [0.4, 0.5) is 0 Å². The van der Waals surface area contributed by atoms with Gasteiger partial charge < -0.3 is 16.6 Å². The van der Waals surface area contributed by atoms with Crippen molar-refractivity contribution in [3.63, 3.8) is 0 Å². The molecule has 1 aromatic carbocycles. The summed E-state index contributed by atoms with van der Waals surface area (Å²) < 4.78 is 22.7. The number of sulfone groups is 1. The molecular weight excluding hydrogens is 240 g/mol. The number of hydrogen-bond donors (Lipinski definition) is 3. The van der Waals surface area contributed by atoms with Crippen molar-refractivity contribution < 1.29 is 13.5 Å². The van der Waals surface area contributed by atoms with Crippen LogP contribution in [0.2, 0.25) is 0 Å². The fourth-order valence-corrected chi connectivity index (χ4v) is 2.20. The van der Waals surface area contributed by atoms with Gasteiger partial charge in [-0.3, -0.25) is 0 Å². The van der Waals surface area contributed by atoms with E-state index >= 15 is 0 Å².